The number of nitrogens with zero attached hydrogens (tertiary/aromatic N) is 1. The molecule has 0 radical (unpaired) electrons. The molecule has 0 aliphatic heterocycles. The molecule has 0 N–H and O–H groups in total. The normalized spacial score (nSPS) is 11.7. The van der Waals surface area contributed by atoms with E-state index in [9.17, 15) is 18.0 Å². The van der Waals surface area contributed by atoms with Crippen molar-refractivity contribution in [3.8, 4) is 6.07 Å². The summed E-state index contributed by atoms with van der Waals surface area (Å²) in [6.45, 7) is 0. The highest BCUT2D eigenvalue weighted by molar-refractivity contribution is 6.03. The van der Waals surface area contributed by atoms with Gasteiger partial charge in [0.05, 0.1) is 11.6 Å². The molecule has 0 aliphatic rings. The fraction of sp³-hybridized carbons (Fsp3) is 0.0667. The van der Waals surface area contributed by atoms with Gasteiger partial charge in [0.15, 0.2) is 5.78 Å². The molecule has 0 aliphatic carbocycles. The Morgan fingerprint density at radius 2 is 1.50 bits per heavy atom. The first kappa shape index (κ1) is 13.8. The maximum Gasteiger partial charge on any atom is 0.190 e. The van der Waals surface area contributed by atoms with Gasteiger partial charge >= 0.3 is 0 Å². The third-order valence-corrected chi connectivity index (χ3v) is 2.82. The van der Waals surface area contributed by atoms with Crippen LogP contribution >= 0.6 is 0 Å². The van der Waals surface area contributed by atoms with Crippen molar-refractivity contribution in [3.63, 3.8) is 0 Å². The standard InChI is InChI=1S/C15H8F3NO/c16-11-5-2-1-4-9(11)10(8-19)15(20)14-12(17)6-3-7-13(14)18/h1-7,10H. The van der Waals surface area contributed by atoms with Crippen LogP contribution in [0.25, 0.3) is 0 Å². The van der Waals surface area contributed by atoms with Crippen LogP contribution in [0.5, 0.6) is 0 Å². The van der Waals surface area contributed by atoms with Crippen molar-refractivity contribution < 1.29 is 18.0 Å². The second-order valence-electron chi connectivity index (χ2n) is 4.04. The molecule has 1 atom stereocenters. The Balaban J connectivity index is 2.52. The zero-order valence-electron chi connectivity index (χ0n) is 10.1. The molecule has 0 saturated carbocycles. The molecular formula is C15H8F3NO. The van der Waals surface area contributed by atoms with E-state index in [1.54, 1.807) is 6.07 Å². The Hall–Kier alpha value is -2.61. The molecule has 2 aromatic rings. The number of rotatable bonds is 3. The lowest BCUT2D eigenvalue weighted by Crippen LogP contribution is -2.16. The number of nitriles is 1. The monoisotopic (exact) mass is 275 g/mol. The van der Waals surface area contributed by atoms with Crippen molar-refractivity contribution in [1.82, 2.24) is 0 Å². The van der Waals surface area contributed by atoms with Gasteiger partial charge in [-0.3, -0.25) is 4.79 Å². The van der Waals surface area contributed by atoms with E-state index in [0.717, 1.165) is 24.3 Å². The number of carbonyl (C=O) groups is 1. The smallest absolute Gasteiger partial charge is 0.190 e. The highest BCUT2D eigenvalue weighted by atomic mass is 19.1. The van der Waals surface area contributed by atoms with Crippen LogP contribution < -0.4 is 0 Å². The van der Waals surface area contributed by atoms with Crippen molar-refractivity contribution in [2.75, 3.05) is 0 Å². The number of hydrogen-bond acceptors (Lipinski definition) is 2. The molecule has 2 aromatic carbocycles. The lowest BCUT2D eigenvalue weighted by Gasteiger charge is -2.10. The Morgan fingerprint density at radius 3 is 2.05 bits per heavy atom. The van der Waals surface area contributed by atoms with Gasteiger partial charge in [-0.25, -0.2) is 13.2 Å². The van der Waals surface area contributed by atoms with Crippen LogP contribution in [0.2, 0.25) is 0 Å². The highest BCUT2D eigenvalue weighted by Crippen LogP contribution is 2.25. The average Bonchev–Trinajstić information content (AvgIpc) is 2.41. The topological polar surface area (TPSA) is 40.9 Å². The van der Waals surface area contributed by atoms with Crippen molar-refractivity contribution in [2.45, 2.75) is 5.92 Å². The maximum absolute atomic E-state index is 13.6. The fourth-order valence-corrected chi connectivity index (χ4v) is 1.86. The van der Waals surface area contributed by atoms with Gasteiger partial charge in [-0.1, -0.05) is 24.3 Å². The number of carbonyl (C=O) groups excluding carboxylic acids is 1. The summed E-state index contributed by atoms with van der Waals surface area (Å²) >= 11 is 0. The Bertz CT molecular complexity index is 686. The van der Waals surface area contributed by atoms with Crippen LogP contribution in [0.1, 0.15) is 21.8 Å². The van der Waals surface area contributed by atoms with Crippen LogP contribution in [-0.4, -0.2) is 5.78 Å². The molecule has 0 spiro atoms. The molecule has 0 heterocycles. The summed E-state index contributed by atoms with van der Waals surface area (Å²) in [7, 11) is 0. The third-order valence-electron chi connectivity index (χ3n) is 2.82. The molecule has 0 aromatic heterocycles. The summed E-state index contributed by atoms with van der Waals surface area (Å²) in [5.74, 6) is -5.63. The second kappa shape index (κ2) is 5.57. The Kier molecular flexibility index (Phi) is 3.85. The average molecular weight is 275 g/mol. The van der Waals surface area contributed by atoms with Gasteiger partial charge in [-0.05, 0) is 18.2 Å². The molecule has 0 saturated heterocycles. The van der Waals surface area contributed by atoms with Crippen LogP contribution in [0.15, 0.2) is 42.5 Å². The van der Waals surface area contributed by atoms with Gasteiger partial charge in [0.25, 0.3) is 0 Å². The minimum absolute atomic E-state index is 0.206. The summed E-state index contributed by atoms with van der Waals surface area (Å²) in [6, 6.07) is 9.65. The molecular weight excluding hydrogens is 267 g/mol. The van der Waals surface area contributed by atoms with Gasteiger partial charge in [-0.15, -0.1) is 0 Å². The number of Topliss-reactive ketones (excluding diaryl/α,β-unsaturated/α-hetero) is 1. The van der Waals surface area contributed by atoms with Crippen molar-refractivity contribution >= 4 is 5.78 Å². The van der Waals surface area contributed by atoms with Crippen LogP contribution in [0.4, 0.5) is 13.2 Å². The number of ketones is 1. The predicted molar refractivity (Wildman–Crippen MR) is 65.4 cm³/mol. The van der Waals surface area contributed by atoms with Crippen LogP contribution in [0, 0.1) is 28.8 Å². The first-order chi connectivity index (χ1) is 9.56. The maximum atomic E-state index is 13.6. The summed E-state index contributed by atoms with van der Waals surface area (Å²) < 4.78 is 40.7. The van der Waals surface area contributed by atoms with E-state index in [0.29, 0.717) is 0 Å². The largest absolute Gasteiger partial charge is 0.292 e. The van der Waals surface area contributed by atoms with Gasteiger partial charge in [-0.2, -0.15) is 5.26 Å². The fourth-order valence-electron chi connectivity index (χ4n) is 1.86. The molecule has 2 rings (SSSR count). The van der Waals surface area contributed by atoms with Gasteiger partial charge in [0.2, 0.25) is 0 Å². The van der Waals surface area contributed by atoms with Crippen molar-refractivity contribution in [3.05, 3.63) is 71.0 Å². The van der Waals surface area contributed by atoms with Crippen molar-refractivity contribution in [1.29, 1.82) is 5.26 Å². The number of halogens is 3. The quantitative estimate of drug-likeness (QED) is 0.803. The van der Waals surface area contributed by atoms with E-state index in [4.69, 9.17) is 5.26 Å². The van der Waals surface area contributed by atoms with E-state index < -0.39 is 34.7 Å². The minimum Gasteiger partial charge on any atom is -0.292 e. The molecule has 5 heteroatoms. The van der Waals surface area contributed by atoms with Gasteiger partial charge in [0, 0.05) is 5.56 Å². The molecule has 0 amide bonds. The number of benzene rings is 2. The zero-order valence-corrected chi connectivity index (χ0v) is 10.1. The lowest BCUT2D eigenvalue weighted by molar-refractivity contribution is 0.0969. The molecule has 2 nitrogen and oxygen atoms in total. The van der Waals surface area contributed by atoms with E-state index in [-0.39, 0.29) is 5.56 Å². The molecule has 20 heavy (non-hydrogen) atoms. The summed E-state index contributed by atoms with van der Waals surface area (Å²) in [6.07, 6.45) is 0. The van der Waals surface area contributed by atoms with E-state index in [1.165, 1.54) is 18.2 Å². The lowest BCUT2D eigenvalue weighted by atomic mass is 9.91. The molecule has 0 fully saturated rings. The van der Waals surface area contributed by atoms with Gasteiger partial charge < -0.3 is 0 Å². The molecule has 100 valence electrons. The zero-order chi connectivity index (χ0) is 14.7. The predicted octanol–water partition coefficient (Wildman–Crippen LogP) is 3.59. The minimum atomic E-state index is -1.59. The first-order valence-electron chi connectivity index (χ1n) is 5.68. The molecule has 1 unspecified atom stereocenters. The van der Waals surface area contributed by atoms with Crippen LogP contribution in [-0.2, 0) is 0 Å². The highest BCUT2D eigenvalue weighted by Gasteiger charge is 2.28. The van der Waals surface area contributed by atoms with Crippen LogP contribution in [0.3, 0.4) is 0 Å². The van der Waals surface area contributed by atoms with E-state index in [2.05, 4.69) is 0 Å². The van der Waals surface area contributed by atoms with E-state index in [1.807, 2.05) is 0 Å². The summed E-state index contributed by atoms with van der Waals surface area (Å²) in [5.41, 5.74) is -1.04. The summed E-state index contributed by atoms with van der Waals surface area (Å²) in [5, 5.41) is 9.04. The summed E-state index contributed by atoms with van der Waals surface area (Å²) in [4.78, 5) is 12.1. The van der Waals surface area contributed by atoms with E-state index >= 15 is 0 Å². The van der Waals surface area contributed by atoms with Gasteiger partial charge in [0.1, 0.15) is 23.4 Å². The number of hydrogen-bond donors (Lipinski definition) is 0. The Labute approximate surface area is 113 Å². The molecule has 0 bridgehead atoms. The van der Waals surface area contributed by atoms with Crippen molar-refractivity contribution in [2.24, 2.45) is 0 Å². The first-order valence-corrected chi connectivity index (χ1v) is 5.68. The second-order valence-corrected chi connectivity index (χ2v) is 4.04. The Morgan fingerprint density at radius 1 is 0.950 bits per heavy atom. The SMILES string of the molecule is N#CC(C(=O)c1c(F)cccc1F)c1ccccc1F. The third kappa shape index (κ3) is 2.41.